The normalized spacial score (nSPS) is 11.3. The van der Waals surface area contributed by atoms with Crippen LogP contribution in [0, 0.1) is 0 Å². The van der Waals surface area contributed by atoms with Crippen LogP contribution < -0.4 is 10.1 Å². The monoisotopic (exact) mass is 355 g/mol. The lowest BCUT2D eigenvalue weighted by atomic mass is 10.1. The summed E-state index contributed by atoms with van der Waals surface area (Å²) < 4.78 is 10.3. The van der Waals surface area contributed by atoms with E-state index in [0.717, 1.165) is 5.56 Å². The maximum Gasteiger partial charge on any atom is 0.344 e. The topological polar surface area (TPSA) is 81.7 Å². The molecule has 0 spiro atoms. The highest BCUT2D eigenvalue weighted by molar-refractivity contribution is 5.94. The summed E-state index contributed by atoms with van der Waals surface area (Å²) in [5.74, 6) is -0.643. The molecule has 26 heavy (non-hydrogen) atoms. The fourth-order valence-corrected chi connectivity index (χ4v) is 2.14. The van der Waals surface area contributed by atoms with E-state index in [1.807, 2.05) is 30.3 Å². The molecule has 1 atom stereocenters. The molecule has 0 aromatic heterocycles. The molecule has 0 bridgehead atoms. The summed E-state index contributed by atoms with van der Waals surface area (Å²) in [6, 6.07) is 15.9. The lowest BCUT2D eigenvalue weighted by Crippen LogP contribution is -2.36. The van der Waals surface area contributed by atoms with Crippen LogP contribution in [0.1, 0.15) is 29.8 Å². The smallest absolute Gasteiger partial charge is 0.344 e. The van der Waals surface area contributed by atoms with E-state index in [2.05, 4.69) is 5.32 Å². The number of carbonyl (C=O) groups excluding carboxylic acids is 3. The van der Waals surface area contributed by atoms with Crippen molar-refractivity contribution in [3.05, 3.63) is 65.7 Å². The molecule has 1 amide bonds. The Morgan fingerprint density at radius 1 is 1.00 bits per heavy atom. The Kier molecular flexibility index (Phi) is 6.91. The maximum atomic E-state index is 12.0. The van der Waals surface area contributed by atoms with E-state index in [-0.39, 0.29) is 18.3 Å². The number of ketones is 1. The summed E-state index contributed by atoms with van der Waals surface area (Å²) in [5, 5.41) is 2.71. The van der Waals surface area contributed by atoms with Crippen LogP contribution in [0.2, 0.25) is 0 Å². The Labute approximate surface area is 152 Å². The van der Waals surface area contributed by atoms with Crippen LogP contribution in [0.15, 0.2) is 54.6 Å². The zero-order valence-corrected chi connectivity index (χ0v) is 14.7. The molecule has 0 unspecified atom stereocenters. The zero-order valence-electron chi connectivity index (χ0n) is 14.7. The highest BCUT2D eigenvalue weighted by atomic mass is 16.6. The number of Topliss-reactive ketones (excluding diaryl/α,β-unsaturated/α-hetero) is 1. The van der Waals surface area contributed by atoms with Crippen LogP contribution >= 0.6 is 0 Å². The SMILES string of the molecule is CC(=O)c1ccc(OCC(=O)O[C@@H](C)C(=O)NCc2ccccc2)cc1. The van der Waals surface area contributed by atoms with Gasteiger partial charge in [-0.25, -0.2) is 4.79 Å². The molecular weight excluding hydrogens is 334 g/mol. The lowest BCUT2D eigenvalue weighted by molar-refractivity contribution is -0.156. The summed E-state index contributed by atoms with van der Waals surface area (Å²) in [6.45, 7) is 3.01. The average molecular weight is 355 g/mol. The van der Waals surface area contributed by atoms with E-state index in [1.165, 1.54) is 13.8 Å². The van der Waals surface area contributed by atoms with Crippen LogP contribution in [0.5, 0.6) is 5.75 Å². The molecule has 6 heteroatoms. The summed E-state index contributed by atoms with van der Waals surface area (Å²) in [4.78, 5) is 35.0. The molecule has 0 fully saturated rings. The van der Waals surface area contributed by atoms with E-state index < -0.39 is 12.1 Å². The second-order valence-electron chi connectivity index (χ2n) is 5.70. The molecule has 136 valence electrons. The van der Waals surface area contributed by atoms with Crippen molar-refractivity contribution in [1.82, 2.24) is 5.32 Å². The average Bonchev–Trinajstić information content (AvgIpc) is 2.65. The summed E-state index contributed by atoms with van der Waals surface area (Å²) >= 11 is 0. The fraction of sp³-hybridized carbons (Fsp3) is 0.250. The minimum Gasteiger partial charge on any atom is -0.482 e. The molecule has 1 N–H and O–H groups in total. The predicted octanol–water partition coefficient (Wildman–Crippen LogP) is 2.52. The van der Waals surface area contributed by atoms with E-state index in [0.29, 0.717) is 17.9 Å². The lowest BCUT2D eigenvalue weighted by Gasteiger charge is -2.14. The first kappa shape index (κ1) is 19.2. The van der Waals surface area contributed by atoms with Crippen LogP contribution in [0.3, 0.4) is 0 Å². The van der Waals surface area contributed by atoms with Gasteiger partial charge in [0, 0.05) is 12.1 Å². The highest BCUT2D eigenvalue weighted by Gasteiger charge is 2.17. The van der Waals surface area contributed by atoms with Gasteiger partial charge in [0.1, 0.15) is 5.75 Å². The molecule has 0 aliphatic carbocycles. The molecule has 0 aliphatic rings. The first-order chi connectivity index (χ1) is 12.5. The van der Waals surface area contributed by atoms with Crippen molar-refractivity contribution in [2.45, 2.75) is 26.5 Å². The summed E-state index contributed by atoms with van der Waals surface area (Å²) in [6.07, 6.45) is -0.921. The molecule has 2 aromatic rings. The Morgan fingerprint density at radius 3 is 2.27 bits per heavy atom. The summed E-state index contributed by atoms with van der Waals surface area (Å²) in [7, 11) is 0. The van der Waals surface area contributed by atoms with Crippen LogP contribution in [0.25, 0.3) is 0 Å². The van der Waals surface area contributed by atoms with Crippen molar-refractivity contribution in [2.75, 3.05) is 6.61 Å². The number of esters is 1. The van der Waals surface area contributed by atoms with E-state index >= 15 is 0 Å². The quantitative estimate of drug-likeness (QED) is 0.581. The van der Waals surface area contributed by atoms with Crippen molar-refractivity contribution >= 4 is 17.7 Å². The predicted molar refractivity (Wildman–Crippen MR) is 95.8 cm³/mol. The Balaban J connectivity index is 1.73. The Morgan fingerprint density at radius 2 is 1.65 bits per heavy atom. The molecule has 0 aliphatic heterocycles. The highest BCUT2D eigenvalue weighted by Crippen LogP contribution is 2.12. The van der Waals surface area contributed by atoms with Crippen LogP contribution in [-0.4, -0.2) is 30.4 Å². The third-order valence-corrected chi connectivity index (χ3v) is 3.60. The van der Waals surface area contributed by atoms with Gasteiger partial charge in [-0.2, -0.15) is 0 Å². The largest absolute Gasteiger partial charge is 0.482 e. The van der Waals surface area contributed by atoms with Crippen molar-refractivity contribution in [1.29, 1.82) is 0 Å². The van der Waals surface area contributed by atoms with Gasteiger partial charge < -0.3 is 14.8 Å². The van der Waals surface area contributed by atoms with Gasteiger partial charge in [-0.05, 0) is 43.7 Å². The molecule has 6 nitrogen and oxygen atoms in total. The fourth-order valence-electron chi connectivity index (χ4n) is 2.14. The van der Waals surface area contributed by atoms with Gasteiger partial charge in [-0.1, -0.05) is 30.3 Å². The van der Waals surface area contributed by atoms with Gasteiger partial charge in [0.15, 0.2) is 18.5 Å². The second-order valence-corrected chi connectivity index (χ2v) is 5.70. The van der Waals surface area contributed by atoms with Crippen molar-refractivity contribution in [3.8, 4) is 5.75 Å². The van der Waals surface area contributed by atoms with Crippen LogP contribution in [0.4, 0.5) is 0 Å². The molecule has 0 saturated carbocycles. The van der Waals surface area contributed by atoms with E-state index in [9.17, 15) is 14.4 Å². The van der Waals surface area contributed by atoms with E-state index in [4.69, 9.17) is 9.47 Å². The van der Waals surface area contributed by atoms with Crippen LogP contribution in [-0.2, 0) is 20.9 Å². The maximum absolute atomic E-state index is 12.0. The van der Waals surface area contributed by atoms with Gasteiger partial charge in [0.05, 0.1) is 0 Å². The van der Waals surface area contributed by atoms with Gasteiger partial charge in [0.2, 0.25) is 0 Å². The molecule has 0 saturated heterocycles. The number of nitrogens with one attached hydrogen (secondary N) is 1. The number of hydrogen-bond donors (Lipinski definition) is 1. The Bertz CT molecular complexity index is 756. The van der Waals surface area contributed by atoms with Gasteiger partial charge in [-0.15, -0.1) is 0 Å². The van der Waals surface area contributed by atoms with Crippen molar-refractivity contribution < 1.29 is 23.9 Å². The number of benzene rings is 2. The Hall–Kier alpha value is -3.15. The number of rotatable bonds is 8. The van der Waals surface area contributed by atoms with E-state index in [1.54, 1.807) is 24.3 Å². The third kappa shape index (κ3) is 6.05. The first-order valence-corrected chi connectivity index (χ1v) is 8.20. The van der Waals surface area contributed by atoms with Gasteiger partial charge in [0.25, 0.3) is 5.91 Å². The summed E-state index contributed by atoms with van der Waals surface area (Å²) in [5.41, 5.74) is 1.51. The standard InChI is InChI=1S/C20H21NO5/c1-14(22)17-8-10-18(11-9-17)25-13-19(23)26-15(2)20(24)21-12-16-6-4-3-5-7-16/h3-11,15H,12-13H2,1-2H3,(H,21,24)/t15-/m0/s1. The zero-order chi connectivity index (χ0) is 18.9. The second kappa shape index (κ2) is 9.36. The molecule has 2 rings (SSSR count). The molecule has 0 radical (unpaired) electrons. The molecular formula is C20H21NO5. The number of carbonyl (C=O) groups is 3. The van der Waals surface area contributed by atoms with Gasteiger partial charge >= 0.3 is 5.97 Å². The number of amides is 1. The minimum atomic E-state index is -0.921. The molecule has 0 heterocycles. The number of hydrogen-bond acceptors (Lipinski definition) is 5. The first-order valence-electron chi connectivity index (χ1n) is 8.20. The van der Waals surface area contributed by atoms with Crippen molar-refractivity contribution in [2.24, 2.45) is 0 Å². The third-order valence-electron chi connectivity index (χ3n) is 3.60. The molecule has 2 aromatic carbocycles. The minimum absolute atomic E-state index is 0.0497. The number of ether oxygens (including phenoxy) is 2. The van der Waals surface area contributed by atoms with Gasteiger partial charge in [-0.3, -0.25) is 9.59 Å². The van der Waals surface area contributed by atoms with Crippen molar-refractivity contribution in [3.63, 3.8) is 0 Å².